The maximum Gasteiger partial charge on any atom is 0.165 e. The van der Waals surface area contributed by atoms with E-state index in [0.29, 0.717) is 16.2 Å². The molecule has 112 valence electrons. The third-order valence-corrected chi connectivity index (χ3v) is 4.16. The number of nitrogens with one attached hydrogen (secondary N) is 1. The van der Waals surface area contributed by atoms with E-state index in [2.05, 4.69) is 5.43 Å². The molecule has 0 fully saturated rings. The molecule has 0 radical (unpaired) electrons. The Bertz CT molecular complexity index is 610. The predicted octanol–water partition coefficient (Wildman–Crippen LogP) is 3.27. The molecule has 2 rings (SSSR count). The molecule has 0 heterocycles. The van der Waals surface area contributed by atoms with Gasteiger partial charge in [-0.1, -0.05) is 18.2 Å². The summed E-state index contributed by atoms with van der Waals surface area (Å²) < 4.78 is 32.2. The molecule has 0 aliphatic carbocycles. The SMILES string of the molecule is COc1ccc(C(CSc2ccccc2F)NN)cc1F. The van der Waals surface area contributed by atoms with Crippen LogP contribution in [0.15, 0.2) is 47.4 Å². The van der Waals surface area contributed by atoms with E-state index in [4.69, 9.17) is 10.6 Å². The minimum Gasteiger partial charge on any atom is -0.494 e. The normalized spacial score (nSPS) is 12.2. The number of thioether (sulfide) groups is 1. The van der Waals surface area contributed by atoms with Gasteiger partial charge in [-0.2, -0.15) is 0 Å². The average Bonchev–Trinajstić information content (AvgIpc) is 2.50. The zero-order valence-electron chi connectivity index (χ0n) is 11.5. The molecule has 6 heteroatoms. The Kier molecular flexibility index (Phi) is 5.55. The van der Waals surface area contributed by atoms with Gasteiger partial charge < -0.3 is 4.74 Å². The second kappa shape index (κ2) is 7.40. The van der Waals surface area contributed by atoms with Gasteiger partial charge in [0.1, 0.15) is 5.82 Å². The molecule has 1 unspecified atom stereocenters. The van der Waals surface area contributed by atoms with Crippen molar-refractivity contribution in [2.24, 2.45) is 5.84 Å². The Labute approximate surface area is 126 Å². The van der Waals surface area contributed by atoms with Crippen molar-refractivity contribution in [1.29, 1.82) is 0 Å². The number of methoxy groups -OCH3 is 1. The van der Waals surface area contributed by atoms with E-state index in [-0.39, 0.29) is 17.6 Å². The molecule has 0 aliphatic heterocycles. The van der Waals surface area contributed by atoms with Crippen molar-refractivity contribution in [2.75, 3.05) is 12.9 Å². The molecule has 0 spiro atoms. The van der Waals surface area contributed by atoms with Crippen molar-refractivity contribution in [1.82, 2.24) is 5.43 Å². The standard InChI is InChI=1S/C15H16F2N2OS/c1-20-14-7-6-10(8-12(14)17)13(19-18)9-21-15-5-3-2-4-11(15)16/h2-8,13,19H,9,18H2,1H3. The van der Waals surface area contributed by atoms with E-state index in [1.807, 2.05) is 0 Å². The fourth-order valence-electron chi connectivity index (χ4n) is 1.87. The Hall–Kier alpha value is -1.63. The summed E-state index contributed by atoms with van der Waals surface area (Å²) in [6, 6.07) is 10.8. The van der Waals surface area contributed by atoms with Gasteiger partial charge in [0.05, 0.1) is 13.2 Å². The van der Waals surface area contributed by atoms with Crippen LogP contribution in [0.25, 0.3) is 0 Å². The number of rotatable bonds is 6. The van der Waals surface area contributed by atoms with E-state index in [9.17, 15) is 8.78 Å². The van der Waals surface area contributed by atoms with Crippen molar-refractivity contribution >= 4 is 11.8 Å². The number of ether oxygens (including phenoxy) is 1. The van der Waals surface area contributed by atoms with Gasteiger partial charge in [0.15, 0.2) is 11.6 Å². The van der Waals surface area contributed by atoms with Crippen molar-refractivity contribution < 1.29 is 13.5 Å². The van der Waals surface area contributed by atoms with Crippen LogP contribution in [0, 0.1) is 11.6 Å². The molecule has 2 aromatic carbocycles. The molecule has 0 aliphatic rings. The quantitative estimate of drug-likeness (QED) is 0.488. The monoisotopic (exact) mass is 310 g/mol. The van der Waals surface area contributed by atoms with Crippen LogP contribution < -0.4 is 16.0 Å². The lowest BCUT2D eigenvalue weighted by Gasteiger charge is -2.17. The number of hydrogen-bond donors (Lipinski definition) is 2. The maximum atomic E-state index is 13.7. The second-order valence-corrected chi connectivity index (χ2v) is 5.42. The first kappa shape index (κ1) is 15.8. The van der Waals surface area contributed by atoms with Crippen LogP contribution in [0.2, 0.25) is 0 Å². The summed E-state index contributed by atoms with van der Waals surface area (Å²) in [7, 11) is 1.41. The molecular weight excluding hydrogens is 294 g/mol. The molecule has 0 amide bonds. The van der Waals surface area contributed by atoms with Gasteiger partial charge in [-0.3, -0.25) is 11.3 Å². The molecule has 0 bridgehead atoms. The summed E-state index contributed by atoms with van der Waals surface area (Å²) >= 11 is 1.32. The van der Waals surface area contributed by atoms with Crippen molar-refractivity contribution in [2.45, 2.75) is 10.9 Å². The highest BCUT2D eigenvalue weighted by atomic mass is 32.2. The highest BCUT2D eigenvalue weighted by Gasteiger charge is 2.14. The number of hydrazine groups is 1. The van der Waals surface area contributed by atoms with Crippen LogP contribution >= 0.6 is 11.8 Å². The van der Waals surface area contributed by atoms with E-state index in [1.165, 1.54) is 31.0 Å². The summed E-state index contributed by atoms with van der Waals surface area (Å²) in [5, 5.41) is 0. The minimum absolute atomic E-state index is 0.177. The van der Waals surface area contributed by atoms with Gasteiger partial charge >= 0.3 is 0 Å². The first-order chi connectivity index (χ1) is 10.2. The second-order valence-electron chi connectivity index (χ2n) is 4.35. The van der Waals surface area contributed by atoms with Gasteiger partial charge in [0, 0.05) is 10.6 Å². The highest BCUT2D eigenvalue weighted by molar-refractivity contribution is 7.99. The molecule has 21 heavy (non-hydrogen) atoms. The maximum absolute atomic E-state index is 13.7. The van der Waals surface area contributed by atoms with Crippen molar-refractivity contribution in [3.05, 3.63) is 59.7 Å². The summed E-state index contributed by atoms with van der Waals surface area (Å²) in [6.45, 7) is 0. The fourth-order valence-corrected chi connectivity index (χ4v) is 2.89. The average molecular weight is 310 g/mol. The van der Waals surface area contributed by atoms with Crippen LogP contribution in [0.5, 0.6) is 5.75 Å². The third kappa shape index (κ3) is 3.93. The molecule has 3 N–H and O–H groups in total. The largest absolute Gasteiger partial charge is 0.494 e. The molecule has 2 aromatic rings. The summed E-state index contributed by atoms with van der Waals surface area (Å²) in [6.07, 6.45) is 0. The van der Waals surface area contributed by atoms with Gasteiger partial charge in [-0.05, 0) is 29.8 Å². The lowest BCUT2D eigenvalue weighted by atomic mass is 10.1. The molecular formula is C15H16F2N2OS. The molecule has 1 atom stereocenters. The first-order valence-electron chi connectivity index (χ1n) is 6.32. The van der Waals surface area contributed by atoms with Gasteiger partial charge in [0.25, 0.3) is 0 Å². The van der Waals surface area contributed by atoms with Gasteiger partial charge in [-0.15, -0.1) is 11.8 Å². The van der Waals surface area contributed by atoms with Crippen LogP contribution in [-0.4, -0.2) is 12.9 Å². The van der Waals surface area contributed by atoms with E-state index in [1.54, 1.807) is 30.3 Å². The van der Waals surface area contributed by atoms with Crippen LogP contribution in [0.3, 0.4) is 0 Å². The lowest BCUT2D eigenvalue weighted by molar-refractivity contribution is 0.385. The zero-order chi connectivity index (χ0) is 15.2. The minimum atomic E-state index is -0.453. The van der Waals surface area contributed by atoms with E-state index < -0.39 is 5.82 Å². The first-order valence-corrected chi connectivity index (χ1v) is 7.31. The number of nitrogens with two attached hydrogens (primary N) is 1. The molecule has 3 nitrogen and oxygen atoms in total. The van der Waals surface area contributed by atoms with E-state index in [0.717, 1.165) is 0 Å². The predicted molar refractivity (Wildman–Crippen MR) is 80.1 cm³/mol. The number of hydrogen-bond acceptors (Lipinski definition) is 4. The highest BCUT2D eigenvalue weighted by Crippen LogP contribution is 2.28. The molecule has 0 aromatic heterocycles. The van der Waals surface area contributed by atoms with Crippen molar-refractivity contribution in [3.63, 3.8) is 0 Å². The van der Waals surface area contributed by atoms with Gasteiger partial charge in [-0.25, -0.2) is 8.78 Å². The van der Waals surface area contributed by atoms with Crippen LogP contribution in [0.1, 0.15) is 11.6 Å². The Balaban J connectivity index is 2.10. The zero-order valence-corrected chi connectivity index (χ0v) is 12.3. The third-order valence-electron chi connectivity index (χ3n) is 3.02. The smallest absolute Gasteiger partial charge is 0.165 e. The van der Waals surface area contributed by atoms with Crippen LogP contribution in [-0.2, 0) is 0 Å². The Morgan fingerprint density at radius 1 is 1.19 bits per heavy atom. The Morgan fingerprint density at radius 3 is 2.57 bits per heavy atom. The molecule has 0 saturated heterocycles. The van der Waals surface area contributed by atoms with Crippen molar-refractivity contribution in [3.8, 4) is 5.75 Å². The number of halogens is 2. The topological polar surface area (TPSA) is 47.3 Å². The molecule has 0 saturated carbocycles. The number of benzene rings is 2. The lowest BCUT2D eigenvalue weighted by Crippen LogP contribution is -2.29. The summed E-state index contributed by atoms with van der Waals surface area (Å²) in [4.78, 5) is 0.534. The summed E-state index contributed by atoms with van der Waals surface area (Å²) in [5.41, 5.74) is 3.30. The Morgan fingerprint density at radius 2 is 1.95 bits per heavy atom. The summed E-state index contributed by atoms with van der Waals surface area (Å²) in [5.74, 6) is 5.44. The van der Waals surface area contributed by atoms with E-state index >= 15 is 0 Å². The fraction of sp³-hybridized carbons (Fsp3) is 0.200. The van der Waals surface area contributed by atoms with Crippen LogP contribution in [0.4, 0.5) is 8.78 Å². The van der Waals surface area contributed by atoms with Gasteiger partial charge in [0.2, 0.25) is 0 Å².